The van der Waals surface area contributed by atoms with Crippen LogP contribution in [-0.4, -0.2) is 77.4 Å². The van der Waals surface area contributed by atoms with Gasteiger partial charge >= 0.3 is 17.9 Å². The lowest BCUT2D eigenvalue weighted by molar-refractivity contribution is -0.146. The predicted molar refractivity (Wildman–Crippen MR) is 200 cm³/mol. The summed E-state index contributed by atoms with van der Waals surface area (Å²) in [6.07, 6.45) is 2.39. The molecule has 3 fully saturated rings. The Bertz CT molecular complexity index is 1560. The monoisotopic (exact) mass is 710 g/mol. The highest BCUT2D eigenvalue weighted by Gasteiger charge is 2.46. The molecule has 6 N–H and O–H groups in total. The number of aliphatic carboxylic acids is 3. The van der Waals surface area contributed by atoms with Crippen molar-refractivity contribution in [3.8, 4) is 0 Å². The zero-order valence-corrected chi connectivity index (χ0v) is 30.7. The first-order chi connectivity index (χ1) is 24.9. The highest BCUT2D eigenvalue weighted by molar-refractivity contribution is 5.83. The molecule has 0 spiro atoms. The van der Waals surface area contributed by atoms with Crippen LogP contribution in [0.2, 0.25) is 0 Å². The second kappa shape index (κ2) is 15.5. The highest BCUT2D eigenvalue weighted by atomic mass is 16.4. The van der Waals surface area contributed by atoms with Crippen molar-refractivity contribution in [1.82, 2.24) is 20.9 Å². The Morgan fingerprint density at radius 2 is 0.846 bits per heavy atom. The number of nitrogens with zero attached hydrogens (tertiary/aromatic N) is 1. The number of carboxylic acids is 3. The van der Waals surface area contributed by atoms with E-state index in [-0.39, 0.29) is 17.8 Å². The van der Waals surface area contributed by atoms with E-state index in [2.05, 4.69) is 20.9 Å². The molecule has 0 radical (unpaired) electrons. The number of hydrogen-bond acceptors (Lipinski definition) is 7. The van der Waals surface area contributed by atoms with Crippen molar-refractivity contribution in [2.75, 3.05) is 39.3 Å². The first-order valence-electron chi connectivity index (χ1n) is 18.7. The molecule has 3 unspecified atom stereocenters. The second-order valence-electron chi connectivity index (χ2n) is 15.8. The summed E-state index contributed by atoms with van der Waals surface area (Å²) in [5.41, 5.74) is 2.13. The summed E-state index contributed by atoms with van der Waals surface area (Å²) >= 11 is 0. The molecule has 0 aromatic heterocycles. The lowest BCUT2D eigenvalue weighted by atomic mass is 9.71. The number of carboxylic acid groups (broad SMARTS) is 3. The number of hydrogen-bond donors (Lipinski definition) is 6. The maximum Gasteiger partial charge on any atom is 0.314 e. The fraction of sp³-hybridized carbons (Fsp3) is 0.500. The SMILES string of the molecule is CC(C(=O)O)(c1cccc(CN(Cc2cccc(C(C)(C(=O)O)[C@H]3CCNC3)c2)Cc2cccc(C(C)(C(=O)O)[C@H]3CCNC3)c2)c1)[C@H]1CCNC1. The molecule has 278 valence electrons. The van der Waals surface area contributed by atoms with Gasteiger partial charge in [0.2, 0.25) is 0 Å². The van der Waals surface area contributed by atoms with Gasteiger partial charge in [0.1, 0.15) is 0 Å². The van der Waals surface area contributed by atoms with Gasteiger partial charge in [-0.2, -0.15) is 0 Å². The molecule has 6 atom stereocenters. The number of carbonyl (C=O) groups is 3. The van der Waals surface area contributed by atoms with E-state index in [9.17, 15) is 29.7 Å². The van der Waals surface area contributed by atoms with E-state index in [1.54, 1.807) is 0 Å². The number of rotatable bonds is 15. The third-order valence-corrected chi connectivity index (χ3v) is 12.8. The van der Waals surface area contributed by atoms with Crippen LogP contribution in [0.5, 0.6) is 0 Å². The fourth-order valence-corrected chi connectivity index (χ4v) is 8.96. The van der Waals surface area contributed by atoms with E-state index in [0.29, 0.717) is 39.3 Å². The summed E-state index contributed by atoms with van der Waals surface area (Å²) in [5, 5.41) is 41.5. The van der Waals surface area contributed by atoms with Crippen molar-refractivity contribution in [3.05, 3.63) is 106 Å². The van der Waals surface area contributed by atoms with Crippen molar-refractivity contribution in [3.63, 3.8) is 0 Å². The summed E-state index contributed by atoms with van der Waals surface area (Å²) in [4.78, 5) is 40.7. The average molecular weight is 711 g/mol. The van der Waals surface area contributed by atoms with E-state index in [4.69, 9.17) is 0 Å². The van der Waals surface area contributed by atoms with E-state index in [1.165, 1.54) is 0 Å². The minimum Gasteiger partial charge on any atom is -0.481 e. The molecule has 10 heteroatoms. The molecule has 6 rings (SSSR count). The predicted octanol–water partition coefficient (Wildman–Crippen LogP) is 4.74. The van der Waals surface area contributed by atoms with Crippen molar-refractivity contribution < 1.29 is 29.7 Å². The lowest BCUT2D eigenvalue weighted by Gasteiger charge is -2.33. The first-order valence-corrected chi connectivity index (χ1v) is 18.7. The van der Waals surface area contributed by atoms with Crippen LogP contribution in [0, 0.1) is 17.8 Å². The largest absolute Gasteiger partial charge is 0.481 e. The van der Waals surface area contributed by atoms with Gasteiger partial charge in [-0.25, -0.2) is 0 Å². The molecule has 0 saturated carbocycles. The van der Waals surface area contributed by atoms with Crippen LogP contribution in [0.3, 0.4) is 0 Å². The lowest BCUT2D eigenvalue weighted by Crippen LogP contribution is -2.41. The minimum absolute atomic E-state index is 0.0286. The van der Waals surface area contributed by atoms with Crippen LogP contribution in [0.25, 0.3) is 0 Å². The molecule has 10 nitrogen and oxygen atoms in total. The van der Waals surface area contributed by atoms with Gasteiger partial charge in [-0.1, -0.05) is 72.8 Å². The van der Waals surface area contributed by atoms with Gasteiger partial charge < -0.3 is 31.3 Å². The maximum absolute atomic E-state index is 12.8. The number of benzene rings is 3. The molecule has 0 amide bonds. The van der Waals surface area contributed by atoms with Crippen LogP contribution in [-0.2, 0) is 50.3 Å². The van der Waals surface area contributed by atoms with Crippen molar-refractivity contribution in [2.24, 2.45) is 17.8 Å². The van der Waals surface area contributed by atoms with Gasteiger partial charge in [-0.15, -0.1) is 0 Å². The van der Waals surface area contributed by atoms with Crippen LogP contribution < -0.4 is 16.0 Å². The molecule has 3 saturated heterocycles. The van der Waals surface area contributed by atoms with E-state index in [1.807, 2.05) is 93.6 Å². The van der Waals surface area contributed by atoms with Gasteiger partial charge in [0.15, 0.2) is 0 Å². The summed E-state index contributed by atoms with van der Waals surface area (Å²) in [6.45, 7) is 11.4. The zero-order chi connectivity index (χ0) is 37.1. The van der Waals surface area contributed by atoms with Gasteiger partial charge in [0, 0.05) is 19.6 Å². The molecule has 0 bridgehead atoms. The van der Waals surface area contributed by atoms with Gasteiger partial charge in [-0.3, -0.25) is 19.3 Å². The Morgan fingerprint density at radius 1 is 0.558 bits per heavy atom. The quantitative estimate of drug-likeness (QED) is 0.131. The average Bonchev–Trinajstić information content (AvgIpc) is 3.96. The molecule has 52 heavy (non-hydrogen) atoms. The topological polar surface area (TPSA) is 151 Å². The molecule has 3 aromatic carbocycles. The first kappa shape index (κ1) is 37.7. The van der Waals surface area contributed by atoms with Crippen LogP contribution >= 0.6 is 0 Å². The summed E-state index contributed by atoms with van der Waals surface area (Å²) < 4.78 is 0. The Kier molecular flexibility index (Phi) is 11.2. The molecular weight excluding hydrogens is 656 g/mol. The van der Waals surface area contributed by atoms with Crippen molar-refractivity contribution >= 4 is 17.9 Å². The minimum atomic E-state index is -1.04. The number of nitrogens with one attached hydrogen (secondary N) is 3. The van der Waals surface area contributed by atoms with E-state index < -0.39 is 34.2 Å². The molecular formula is C42H54N4O6. The van der Waals surface area contributed by atoms with Gasteiger partial charge in [-0.05, 0) is 130 Å². The molecule has 3 aliphatic rings. The smallest absolute Gasteiger partial charge is 0.314 e. The van der Waals surface area contributed by atoms with Crippen LogP contribution in [0.4, 0.5) is 0 Å². The Labute approximate surface area is 307 Å². The molecule has 3 aliphatic heterocycles. The Morgan fingerprint density at radius 3 is 1.08 bits per heavy atom. The fourth-order valence-electron chi connectivity index (χ4n) is 8.96. The third-order valence-electron chi connectivity index (χ3n) is 12.8. The zero-order valence-electron chi connectivity index (χ0n) is 30.7. The van der Waals surface area contributed by atoms with Crippen LogP contribution in [0.1, 0.15) is 73.4 Å². The summed E-state index contributed by atoms with van der Waals surface area (Å²) in [6, 6.07) is 23.7. The Hall–Kier alpha value is -4.09. The molecule has 0 aliphatic carbocycles. The standard InChI is InChI=1S/C42H54N4O6/c1-40(37(47)48,34-13-16-43-22-34)31-10-4-7-28(19-31)25-46(26-29-8-5-11-32(20-29)41(2,38(49)50)35-14-17-44-23-35)27-30-9-6-12-33(21-30)42(3,39(51)52)36-15-18-45-24-36/h4-12,19-21,34-36,43-45H,13-18,22-27H2,1-3H3,(H,47,48)(H,49,50)(H,51,52)/t34-,35-,36-,40?,41?,42?/m0/s1. The normalized spacial score (nSPS) is 23.9. The van der Waals surface area contributed by atoms with Gasteiger partial charge in [0.25, 0.3) is 0 Å². The molecule has 3 heterocycles. The summed E-state index contributed by atoms with van der Waals surface area (Å²) in [7, 11) is 0. The second-order valence-corrected chi connectivity index (χ2v) is 15.8. The maximum atomic E-state index is 12.8. The van der Waals surface area contributed by atoms with Crippen molar-refractivity contribution in [2.45, 2.75) is 75.9 Å². The van der Waals surface area contributed by atoms with E-state index in [0.717, 1.165) is 72.3 Å². The highest BCUT2D eigenvalue weighted by Crippen LogP contribution is 2.39. The third kappa shape index (κ3) is 7.26. The molecule has 3 aromatic rings. The van der Waals surface area contributed by atoms with Crippen LogP contribution in [0.15, 0.2) is 72.8 Å². The van der Waals surface area contributed by atoms with Gasteiger partial charge in [0.05, 0.1) is 16.2 Å². The summed E-state index contributed by atoms with van der Waals surface area (Å²) in [5.74, 6) is -2.58. The van der Waals surface area contributed by atoms with Crippen molar-refractivity contribution in [1.29, 1.82) is 0 Å². The Balaban J connectivity index is 1.35. The van der Waals surface area contributed by atoms with E-state index >= 15 is 0 Å².